The molecular formula is C12H13F13O. The Hall–Kier alpha value is -0.950. The topological polar surface area (TPSA) is 20.2 Å². The Bertz CT molecular complexity index is 462. The average molecular weight is 420 g/mol. The first-order valence-electron chi connectivity index (χ1n) is 6.84. The van der Waals surface area contributed by atoms with E-state index in [2.05, 4.69) is 0 Å². The summed E-state index contributed by atoms with van der Waals surface area (Å²) in [5, 5.41) is 8.51. The molecule has 0 aliphatic heterocycles. The molecule has 1 unspecified atom stereocenters. The lowest BCUT2D eigenvalue weighted by Gasteiger charge is -2.41. The molecule has 0 aliphatic rings. The maximum Gasteiger partial charge on any atom is 0.460 e. The van der Waals surface area contributed by atoms with E-state index >= 15 is 0 Å². The summed E-state index contributed by atoms with van der Waals surface area (Å²) in [7, 11) is 0. The minimum atomic E-state index is -7.89. The smallest absolute Gasteiger partial charge is 0.396 e. The molecule has 0 fully saturated rings. The van der Waals surface area contributed by atoms with Crippen molar-refractivity contribution in [1.29, 1.82) is 0 Å². The van der Waals surface area contributed by atoms with Crippen molar-refractivity contribution >= 4 is 0 Å². The van der Waals surface area contributed by atoms with Crippen LogP contribution in [0.5, 0.6) is 0 Å². The zero-order valence-electron chi connectivity index (χ0n) is 12.8. The van der Waals surface area contributed by atoms with Crippen LogP contribution in [0.2, 0.25) is 0 Å². The molecule has 0 aromatic heterocycles. The maximum atomic E-state index is 13.8. The van der Waals surface area contributed by atoms with Crippen molar-refractivity contribution in [2.45, 2.75) is 62.0 Å². The maximum absolute atomic E-state index is 13.8. The summed E-state index contributed by atoms with van der Waals surface area (Å²) in [6.45, 7) is -0.194. The lowest BCUT2D eigenvalue weighted by Crippen LogP contribution is -2.71. The van der Waals surface area contributed by atoms with Gasteiger partial charge in [0.25, 0.3) is 0 Å². The van der Waals surface area contributed by atoms with Crippen molar-refractivity contribution in [3.8, 4) is 0 Å². The largest absolute Gasteiger partial charge is 0.460 e. The molecule has 0 aliphatic carbocycles. The molecule has 0 bridgehead atoms. The third-order valence-electron chi connectivity index (χ3n) is 3.59. The summed E-state index contributed by atoms with van der Waals surface area (Å²) in [6.07, 6.45) is -10.1. The molecule has 1 N–H and O–H groups in total. The van der Waals surface area contributed by atoms with Crippen LogP contribution in [0.15, 0.2) is 0 Å². The van der Waals surface area contributed by atoms with Gasteiger partial charge in [0, 0.05) is 12.5 Å². The van der Waals surface area contributed by atoms with Crippen LogP contribution in [0.3, 0.4) is 0 Å². The molecule has 0 amide bonds. The molecule has 158 valence electrons. The monoisotopic (exact) mass is 420 g/mol. The molecular weight excluding hydrogens is 407 g/mol. The highest BCUT2D eigenvalue weighted by atomic mass is 19.4. The van der Waals surface area contributed by atoms with Crippen molar-refractivity contribution in [3.63, 3.8) is 0 Å². The number of alkyl halides is 13. The van der Waals surface area contributed by atoms with Crippen molar-refractivity contribution in [3.05, 3.63) is 0 Å². The highest BCUT2D eigenvalue weighted by Crippen LogP contribution is 2.61. The van der Waals surface area contributed by atoms with E-state index in [0.29, 0.717) is 0 Å². The van der Waals surface area contributed by atoms with Crippen LogP contribution in [0.4, 0.5) is 57.1 Å². The third kappa shape index (κ3) is 3.57. The van der Waals surface area contributed by atoms with Gasteiger partial charge in [-0.3, -0.25) is 0 Å². The van der Waals surface area contributed by atoms with Crippen LogP contribution in [0, 0.1) is 5.92 Å². The standard InChI is InChI=1S/C12H13F13O/c1-2-3-6(4-5-26)7(13,14)8(15,16)9(17,18)10(19,20)11(21,22)12(23,24)25/h6,26H,2-5H2,1H3. The molecule has 26 heavy (non-hydrogen) atoms. The molecule has 0 saturated carbocycles. The summed E-state index contributed by atoms with van der Waals surface area (Å²) in [6, 6.07) is 0. The molecule has 14 heteroatoms. The van der Waals surface area contributed by atoms with Crippen LogP contribution in [0.1, 0.15) is 26.2 Å². The number of halogens is 13. The Balaban J connectivity index is 6.30. The van der Waals surface area contributed by atoms with Gasteiger partial charge in [-0.25, -0.2) is 0 Å². The molecule has 0 spiro atoms. The first kappa shape index (κ1) is 25.1. The Kier molecular flexibility index (Phi) is 6.96. The van der Waals surface area contributed by atoms with Crippen molar-refractivity contribution in [2.75, 3.05) is 6.61 Å². The van der Waals surface area contributed by atoms with Crippen molar-refractivity contribution in [2.24, 2.45) is 5.92 Å². The van der Waals surface area contributed by atoms with Gasteiger partial charge in [0.2, 0.25) is 0 Å². The van der Waals surface area contributed by atoms with Gasteiger partial charge >= 0.3 is 35.8 Å². The summed E-state index contributed by atoms with van der Waals surface area (Å²) >= 11 is 0. The number of aliphatic hydroxyl groups excluding tert-OH is 1. The fourth-order valence-electron chi connectivity index (χ4n) is 2.05. The minimum Gasteiger partial charge on any atom is -0.396 e. The highest BCUT2D eigenvalue weighted by Gasteiger charge is 2.91. The fraction of sp³-hybridized carbons (Fsp3) is 1.00. The number of hydrogen-bond donors (Lipinski definition) is 1. The molecule has 0 aromatic rings. The van der Waals surface area contributed by atoms with E-state index in [0.717, 1.165) is 6.92 Å². The normalized spacial score (nSPS) is 16.7. The summed E-state index contributed by atoms with van der Waals surface area (Å²) in [5.74, 6) is -39.7. The fourth-order valence-corrected chi connectivity index (χ4v) is 2.05. The van der Waals surface area contributed by atoms with Gasteiger partial charge in [0.1, 0.15) is 0 Å². The number of rotatable bonds is 9. The van der Waals surface area contributed by atoms with E-state index < -0.39 is 67.6 Å². The van der Waals surface area contributed by atoms with Gasteiger partial charge in [0.15, 0.2) is 0 Å². The molecule has 0 heterocycles. The quantitative estimate of drug-likeness (QED) is 0.487. The second-order valence-corrected chi connectivity index (χ2v) is 5.42. The minimum absolute atomic E-state index is 0.392. The molecule has 0 aromatic carbocycles. The van der Waals surface area contributed by atoms with Crippen LogP contribution >= 0.6 is 0 Å². The Labute approximate surface area is 138 Å². The summed E-state index contributed by atoms with van der Waals surface area (Å²) < 4.78 is 168. The zero-order chi connectivity index (χ0) is 21.4. The van der Waals surface area contributed by atoms with E-state index in [9.17, 15) is 57.1 Å². The average Bonchev–Trinajstić information content (AvgIpc) is 2.44. The van der Waals surface area contributed by atoms with Gasteiger partial charge in [-0.1, -0.05) is 13.3 Å². The lowest BCUT2D eigenvalue weighted by atomic mass is 9.84. The summed E-state index contributed by atoms with van der Waals surface area (Å²) in [4.78, 5) is 0. The van der Waals surface area contributed by atoms with Crippen LogP contribution in [-0.4, -0.2) is 47.5 Å². The zero-order valence-corrected chi connectivity index (χ0v) is 12.8. The van der Waals surface area contributed by atoms with E-state index in [1.54, 1.807) is 0 Å². The van der Waals surface area contributed by atoms with Crippen LogP contribution in [-0.2, 0) is 0 Å². The van der Waals surface area contributed by atoms with Gasteiger partial charge < -0.3 is 5.11 Å². The molecule has 1 atom stereocenters. The second-order valence-electron chi connectivity index (χ2n) is 5.42. The van der Waals surface area contributed by atoms with Gasteiger partial charge in [-0.2, -0.15) is 57.1 Å². The van der Waals surface area contributed by atoms with Gasteiger partial charge in [-0.15, -0.1) is 0 Å². The molecule has 0 radical (unpaired) electrons. The van der Waals surface area contributed by atoms with Gasteiger partial charge in [-0.05, 0) is 12.8 Å². The highest BCUT2D eigenvalue weighted by molar-refractivity contribution is 5.11. The first-order valence-corrected chi connectivity index (χ1v) is 6.84. The predicted octanol–water partition coefficient (Wildman–Crippen LogP) is 5.52. The second kappa shape index (κ2) is 7.23. The van der Waals surface area contributed by atoms with Crippen LogP contribution in [0.25, 0.3) is 0 Å². The van der Waals surface area contributed by atoms with Gasteiger partial charge in [0.05, 0.1) is 0 Å². The Morgan fingerprint density at radius 1 is 0.615 bits per heavy atom. The summed E-state index contributed by atoms with van der Waals surface area (Å²) in [5.41, 5.74) is 0. The van der Waals surface area contributed by atoms with E-state index in [4.69, 9.17) is 5.11 Å². The van der Waals surface area contributed by atoms with Crippen molar-refractivity contribution in [1.82, 2.24) is 0 Å². The van der Waals surface area contributed by atoms with E-state index in [1.807, 2.05) is 0 Å². The lowest BCUT2D eigenvalue weighted by molar-refractivity contribution is -0.443. The van der Waals surface area contributed by atoms with E-state index in [1.165, 1.54) is 0 Å². The number of hydrogen-bond acceptors (Lipinski definition) is 1. The van der Waals surface area contributed by atoms with E-state index in [-0.39, 0.29) is 0 Å². The number of aliphatic hydroxyl groups is 1. The molecule has 0 saturated heterocycles. The third-order valence-corrected chi connectivity index (χ3v) is 3.59. The Morgan fingerprint density at radius 2 is 1.00 bits per heavy atom. The van der Waals surface area contributed by atoms with Crippen molar-refractivity contribution < 1.29 is 62.2 Å². The Morgan fingerprint density at radius 3 is 1.31 bits per heavy atom. The van der Waals surface area contributed by atoms with Crippen LogP contribution < -0.4 is 0 Å². The molecule has 1 nitrogen and oxygen atoms in total. The predicted molar refractivity (Wildman–Crippen MR) is 60.9 cm³/mol. The molecule has 0 rings (SSSR count). The first-order chi connectivity index (χ1) is 11.3. The SMILES string of the molecule is CCCC(CCO)C(F)(F)C(F)(F)C(F)(F)C(F)(F)C(F)(F)C(F)(F)F.